The average molecular weight is 359 g/mol. The van der Waals surface area contributed by atoms with Crippen LogP contribution in [-0.2, 0) is 0 Å². The quantitative estimate of drug-likeness (QED) is 0.675. The molecule has 0 N–H and O–H groups in total. The Morgan fingerprint density at radius 2 is 1.67 bits per heavy atom. The fourth-order valence-corrected chi connectivity index (χ4v) is 3.77. The number of carbonyl (C=O) groups is 1. The number of amides is 1. The van der Waals surface area contributed by atoms with Gasteiger partial charge in [0.1, 0.15) is 5.69 Å². The third-order valence-electron chi connectivity index (χ3n) is 5.22. The lowest BCUT2D eigenvalue weighted by Crippen LogP contribution is -2.36. The van der Waals surface area contributed by atoms with Gasteiger partial charge in [-0.15, -0.1) is 0 Å². The van der Waals surface area contributed by atoms with E-state index in [-0.39, 0.29) is 5.91 Å². The van der Waals surface area contributed by atoms with Gasteiger partial charge in [0, 0.05) is 18.7 Å². The molecule has 27 heavy (non-hydrogen) atoms. The number of hydrogen-bond donors (Lipinski definition) is 0. The Hall–Kier alpha value is -2.88. The van der Waals surface area contributed by atoms with Gasteiger partial charge in [-0.1, -0.05) is 48.0 Å². The molecule has 0 aliphatic carbocycles. The van der Waals surface area contributed by atoms with E-state index in [9.17, 15) is 4.79 Å². The first kappa shape index (κ1) is 17.5. The lowest BCUT2D eigenvalue weighted by atomic mass is 10.1. The minimum atomic E-state index is 0.0735. The first-order valence-electron chi connectivity index (χ1n) is 9.66. The van der Waals surface area contributed by atoms with Crippen LogP contribution in [0.3, 0.4) is 0 Å². The lowest BCUT2D eigenvalue weighted by Gasteiger charge is -2.26. The topological polar surface area (TPSA) is 38.1 Å². The average Bonchev–Trinajstić information content (AvgIpc) is 3.14. The summed E-state index contributed by atoms with van der Waals surface area (Å²) in [7, 11) is 0. The number of aryl methyl sites for hydroxylation is 2. The standard InChI is InChI=1S/C23H25N3O/c1-17-11-12-21(18(2)15-17)26-22(23(27)25-13-7-4-8-14-25)16-20(24-26)19-9-5-3-6-10-19/h3,5-6,9-12,15-16H,4,7-8,13-14H2,1-2H3. The number of hydrogen-bond acceptors (Lipinski definition) is 2. The smallest absolute Gasteiger partial charge is 0.272 e. The van der Waals surface area contributed by atoms with E-state index < -0.39 is 0 Å². The van der Waals surface area contributed by atoms with E-state index in [1.807, 2.05) is 46.0 Å². The molecular formula is C23H25N3O. The Kier molecular flexibility index (Phi) is 4.80. The fourth-order valence-electron chi connectivity index (χ4n) is 3.77. The predicted octanol–water partition coefficient (Wildman–Crippen LogP) is 4.78. The molecule has 1 aliphatic heterocycles. The van der Waals surface area contributed by atoms with Gasteiger partial charge < -0.3 is 4.90 Å². The van der Waals surface area contributed by atoms with Crippen molar-refractivity contribution in [3.05, 3.63) is 71.4 Å². The number of nitrogens with zero attached hydrogens (tertiary/aromatic N) is 3. The van der Waals surface area contributed by atoms with Crippen molar-refractivity contribution in [2.24, 2.45) is 0 Å². The summed E-state index contributed by atoms with van der Waals surface area (Å²) in [6, 6.07) is 18.2. The van der Waals surface area contributed by atoms with Crippen molar-refractivity contribution in [2.75, 3.05) is 13.1 Å². The molecule has 1 aromatic heterocycles. The fraction of sp³-hybridized carbons (Fsp3) is 0.304. The van der Waals surface area contributed by atoms with E-state index in [4.69, 9.17) is 5.10 Å². The van der Waals surface area contributed by atoms with Gasteiger partial charge in [0.15, 0.2) is 0 Å². The SMILES string of the molecule is Cc1ccc(-n2nc(-c3ccccc3)cc2C(=O)N2CCCCC2)c(C)c1. The zero-order valence-electron chi connectivity index (χ0n) is 16.0. The molecule has 1 aliphatic rings. The molecule has 1 fully saturated rings. The molecule has 1 amide bonds. The van der Waals surface area contributed by atoms with E-state index in [1.165, 1.54) is 12.0 Å². The highest BCUT2D eigenvalue weighted by Crippen LogP contribution is 2.25. The highest BCUT2D eigenvalue weighted by atomic mass is 16.2. The van der Waals surface area contributed by atoms with E-state index >= 15 is 0 Å². The van der Waals surface area contributed by atoms with E-state index in [1.54, 1.807) is 0 Å². The van der Waals surface area contributed by atoms with E-state index in [0.717, 1.165) is 48.4 Å². The van der Waals surface area contributed by atoms with Crippen molar-refractivity contribution in [1.82, 2.24) is 14.7 Å². The van der Waals surface area contributed by atoms with Crippen molar-refractivity contribution in [2.45, 2.75) is 33.1 Å². The van der Waals surface area contributed by atoms with Gasteiger partial charge in [0.25, 0.3) is 5.91 Å². The maximum atomic E-state index is 13.3. The number of carbonyl (C=O) groups excluding carboxylic acids is 1. The zero-order chi connectivity index (χ0) is 18.8. The highest BCUT2D eigenvalue weighted by Gasteiger charge is 2.24. The minimum Gasteiger partial charge on any atom is -0.337 e. The van der Waals surface area contributed by atoms with Crippen molar-refractivity contribution in [3.8, 4) is 16.9 Å². The number of likely N-dealkylation sites (tertiary alicyclic amines) is 1. The zero-order valence-corrected chi connectivity index (χ0v) is 16.0. The summed E-state index contributed by atoms with van der Waals surface area (Å²) in [6.45, 7) is 5.81. The van der Waals surface area contributed by atoms with Crippen molar-refractivity contribution in [3.63, 3.8) is 0 Å². The van der Waals surface area contributed by atoms with Crippen molar-refractivity contribution < 1.29 is 4.79 Å². The molecule has 0 atom stereocenters. The summed E-state index contributed by atoms with van der Waals surface area (Å²) in [5, 5.41) is 4.83. The van der Waals surface area contributed by atoms with Crippen molar-refractivity contribution >= 4 is 5.91 Å². The van der Waals surface area contributed by atoms with E-state index in [2.05, 4.69) is 32.0 Å². The van der Waals surface area contributed by atoms with Crippen LogP contribution in [-0.4, -0.2) is 33.7 Å². The predicted molar refractivity (Wildman–Crippen MR) is 108 cm³/mol. The molecular weight excluding hydrogens is 334 g/mol. The molecule has 138 valence electrons. The van der Waals surface area contributed by atoms with Crippen LogP contribution in [0.1, 0.15) is 40.9 Å². The summed E-state index contributed by atoms with van der Waals surface area (Å²) in [5.74, 6) is 0.0735. The molecule has 0 saturated carbocycles. The second kappa shape index (κ2) is 7.39. The first-order valence-corrected chi connectivity index (χ1v) is 9.66. The summed E-state index contributed by atoms with van der Waals surface area (Å²) in [5.41, 5.74) is 5.77. The molecule has 0 unspecified atom stereocenters. The lowest BCUT2D eigenvalue weighted by molar-refractivity contribution is 0.0715. The summed E-state index contributed by atoms with van der Waals surface area (Å²) < 4.78 is 1.83. The summed E-state index contributed by atoms with van der Waals surface area (Å²) in [6.07, 6.45) is 3.36. The van der Waals surface area contributed by atoms with Crippen molar-refractivity contribution in [1.29, 1.82) is 0 Å². The van der Waals surface area contributed by atoms with Crippen LogP contribution in [0, 0.1) is 13.8 Å². The van der Waals surface area contributed by atoms with Crippen LogP contribution >= 0.6 is 0 Å². The molecule has 0 bridgehead atoms. The van der Waals surface area contributed by atoms with Gasteiger partial charge in [-0.3, -0.25) is 4.79 Å². The van der Waals surface area contributed by atoms with Crippen LogP contribution in [0.25, 0.3) is 16.9 Å². The van der Waals surface area contributed by atoms with Gasteiger partial charge in [0.2, 0.25) is 0 Å². The third-order valence-corrected chi connectivity index (χ3v) is 5.22. The molecule has 4 nitrogen and oxygen atoms in total. The van der Waals surface area contributed by atoms with Crippen LogP contribution < -0.4 is 0 Å². The third kappa shape index (κ3) is 3.52. The van der Waals surface area contributed by atoms with Gasteiger partial charge in [0.05, 0.1) is 11.4 Å². The largest absolute Gasteiger partial charge is 0.337 e. The molecule has 4 heteroatoms. The molecule has 0 spiro atoms. The monoisotopic (exact) mass is 359 g/mol. The number of benzene rings is 2. The molecule has 2 heterocycles. The Morgan fingerprint density at radius 1 is 0.926 bits per heavy atom. The maximum Gasteiger partial charge on any atom is 0.272 e. The van der Waals surface area contributed by atoms with Gasteiger partial charge in [-0.25, -0.2) is 4.68 Å². The molecule has 0 radical (unpaired) electrons. The minimum absolute atomic E-state index is 0.0735. The number of aromatic nitrogens is 2. The summed E-state index contributed by atoms with van der Waals surface area (Å²) >= 11 is 0. The molecule has 2 aromatic carbocycles. The van der Waals surface area contributed by atoms with E-state index in [0.29, 0.717) is 5.69 Å². The Labute approximate surface area is 160 Å². The first-order chi connectivity index (χ1) is 13.1. The molecule has 3 aromatic rings. The van der Waals surface area contributed by atoms with Gasteiger partial charge in [-0.2, -0.15) is 5.10 Å². The Balaban J connectivity index is 1.82. The molecule has 4 rings (SSSR count). The molecule has 1 saturated heterocycles. The second-order valence-corrected chi connectivity index (χ2v) is 7.34. The van der Waals surface area contributed by atoms with Crippen LogP contribution in [0.15, 0.2) is 54.6 Å². The van der Waals surface area contributed by atoms with Crippen LogP contribution in [0.4, 0.5) is 0 Å². The highest BCUT2D eigenvalue weighted by molar-refractivity contribution is 5.94. The maximum absolute atomic E-state index is 13.3. The number of rotatable bonds is 3. The second-order valence-electron chi connectivity index (χ2n) is 7.34. The Bertz CT molecular complexity index is 953. The van der Waals surface area contributed by atoms with Crippen LogP contribution in [0.5, 0.6) is 0 Å². The normalized spacial score (nSPS) is 14.4. The van der Waals surface area contributed by atoms with Gasteiger partial charge >= 0.3 is 0 Å². The summed E-state index contributed by atoms with van der Waals surface area (Å²) in [4.78, 5) is 15.2. The Morgan fingerprint density at radius 3 is 2.37 bits per heavy atom. The van der Waals surface area contributed by atoms with Gasteiger partial charge in [-0.05, 0) is 50.8 Å². The number of piperidine rings is 1. The van der Waals surface area contributed by atoms with Crippen LogP contribution in [0.2, 0.25) is 0 Å².